The van der Waals surface area contributed by atoms with Gasteiger partial charge in [0.2, 0.25) is 5.91 Å². The number of carbonyl (C=O) groups excluding carboxylic acids is 1. The minimum Gasteiger partial charge on any atom is -0.367 e. The van der Waals surface area contributed by atoms with E-state index in [-0.39, 0.29) is 5.91 Å². The summed E-state index contributed by atoms with van der Waals surface area (Å²) in [5.74, 6) is 1.45. The maximum atomic E-state index is 11.4. The zero-order valence-electron chi connectivity index (χ0n) is 13.0. The SMILES string of the molecule is CCCCC(=O)NCCNc1ccc(-n2ccc(C)n2)nn1. The van der Waals surface area contributed by atoms with Gasteiger partial charge in [0.15, 0.2) is 5.82 Å². The van der Waals surface area contributed by atoms with E-state index in [2.05, 4.69) is 32.9 Å². The molecule has 2 aromatic heterocycles. The molecule has 0 aliphatic carbocycles. The van der Waals surface area contributed by atoms with Crippen molar-refractivity contribution in [1.29, 1.82) is 0 Å². The van der Waals surface area contributed by atoms with Gasteiger partial charge >= 0.3 is 0 Å². The van der Waals surface area contributed by atoms with Gasteiger partial charge in [-0.15, -0.1) is 10.2 Å². The highest BCUT2D eigenvalue weighted by Gasteiger charge is 2.02. The number of hydrogen-bond acceptors (Lipinski definition) is 5. The molecule has 0 atom stereocenters. The summed E-state index contributed by atoms with van der Waals surface area (Å²) in [6.07, 6.45) is 4.40. The number of hydrogen-bond donors (Lipinski definition) is 2. The molecule has 2 N–H and O–H groups in total. The first-order valence-corrected chi connectivity index (χ1v) is 7.56. The summed E-state index contributed by atoms with van der Waals surface area (Å²) < 4.78 is 1.68. The summed E-state index contributed by atoms with van der Waals surface area (Å²) in [6, 6.07) is 5.61. The van der Waals surface area contributed by atoms with Crippen LogP contribution in [0, 0.1) is 6.92 Å². The van der Waals surface area contributed by atoms with E-state index in [1.54, 1.807) is 4.68 Å². The van der Waals surface area contributed by atoms with Crippen molar-refractivity contribution in [3.05, 3.63) is 30.1 Å². The maximum Gasteiger partial charge on any atom is 0.220 e. The Hall–Kier alpha value is -2.44. The van der Waals surface area contributed by atoms with Crippen LogP contribution in [0.25, 0.3) is 5.82 Å². The normalized spacial score (nSPS) is 10.5. The van der Waals surface area contributed by atoms with Crippen molar-refractivity contribution in [2.24, 2.45) is 0 Å². The van der Waals surface area contributed by atoms with E-state index in [1.165, 1.54) is 0 Å². The van der Waals surface area contributed by atoms with Gasteiger partial charge < -0.3 is 10.6 Å². The molecule has 0 aliphatic heterocycles. The lowest BCUT2D eigenvalue weighted by Crippen LogP contribution is -2.28. The first-order valence-electron chi connectivity index (χ1n) is 7.56. The second-order valence-electron chi connectivity index (χ2n) is 5.06. The van der Waals surface area contributed by atoms with E-state index < -0.39 is 0 Å². The van der Waals surface area contributed by atoms with Crippen LogP contribution in [0.15, 0.2) is 24.4 Å². The van der Waals surface area contributed by atoms with E-state index in [0.717, 1.165) is 18.5 Å². The smallest absolute Gasteiger partial charge is 0.220 e. The molecule has 1 amide bonds. The van der Waals surface area contributed by atoms with Crippen LogP contribution in [0.4, 0.5) is 5.82 Å². The molecule has 0 aliphatic rings. The molecule has 0 saturated carbocycles. The second-order valence-corrected chi connectivity index (χ2v) is 5.06. The van der Waals surface area contributed by atoms with Gasteiger partial charge in [0.05, 0.1) is 5.69 Å². The number of nitrogens with one attached hydrogen (secondary N) is 2. The largest absolute Gasteiger partial charge is 0.367 e. The number of anilines is 1. The number of aromatic nitrogens is 4. The number of aryl methyl sites for hydroxylation is 1. The van der Waals surface area contributed by atoms with Crippen molar-refractivity contribution in [2.75, 3.05) is 18.4 Å². The van der Waals surface area contributed by atoms with Crippen molar-refractivity contribution < 1.29 is 4.79 Å². The van der Waals surface area contributed by atoms with Gasteiger partial charge in [0, 0.05) is 25.7 Å². The van der Waals surface area contributed by atoms with Crippen molar-refractivity contribution in [3.63, 3.8) is 0 Å². The van der Waals surface area contributed by atoms with Gasteiger partial charge in [0.25, 0.3) is 0 Å². The van der Waals surface area contributed by atoms with Crippen LogP contribution in [0.3, 0.4) is 0 Å². The fourth-order valence-electron chi connectivity index (χ4n) is 1.90. The molecule has 7 heteroatoms. The van der Waals surface area contributed by atoms with Crippen molar-refractivity contribution in [3.8, 4) is 5.82 Å². The van der Waals surface area contributed by atoms with Gasteiger partial charge in [0.1, 0.15) is 5.82 Å². The molecule has 2 heterocycles. The topological polar surface area (TPSA) is 84.7 Å². The minimum atomic E-state index is 0.0964. The van der Waals surface area contributed by atoms with Crippen molar-refractivity contribution in [2.45, 2.75) is 33.1 Å². The van der Waals surface area contributed by atoms with Gasteiger partial charge in [-0.3, -0.25) is 4.79 Å². The molecule has 0 bridgehead atoms. The maximum absolute atomic E-state index is 11.4. The number of nitrogens with zero attached hydrogens (tertiary/aromatic N) is 4. The Morgan fingerprint density at radius 2 is 2.09 bits per heavy atom. The third-order valence-corrected chi connectivity index (χ3v) is 3.12. The first kappa shape index (κ1) is 15.9. The van der Waals surface area contributed by atoms with Crippen LogP contribution in [0.5, 0.6) is 0 Å². The predicted octanol–water partition coefficient (Wildman–Crippen LogP) is 1.69. The van der Waals surface area contributed by atoms with Crippen LogP contribution in [-0.4, -0.2) is 39.0 Å². The molecule has 0 saturated heterocycles. The first-order chi connectivity index (χ1) is 10.7. The molecule has 118 valence electrons. The Bertz CT molecular complexity index is 592. The van der Waals surface area contributed by atoms with Crippen LogP contribution in [-0.2, 0) is 4.79 Å². The van der Waals surface area contributed by atoms with Crippen molar-refractivity contribution in [1.82, 2.24) is 25.3 Å². The summed E-state index contributed by atoms with van der Waals surface area (Å²) >= 11 is 0. The van der Waals surface area contributed by atoms with Crippen LogP contribution in [0.2, 0.25) is 0 Å². The number of unbranched alkanes of at least 4 members (excludes halogenated alkanes) is 1. The van der Waals surface area contributed by atoms with E-state index >= 15 is 0 Å². The highest BCUT2D eigenvalue weighted by atomic mass is 16.1. The van der Waals surface area contributed by atoms with E-state index in [0.29, 0.717) is 31.1 Å². The average molecular weight is 302 g/mol. The lowest BCUT2D eigenvalue weighted by molar-refractivity contribution is -0.121. The van der Waals surface area contributed by atoms with Crippen LogP contribution >= 0.6 is 0 Å². The zero-order chi connectivity index (χ0) is 15.8. The molecular weight excluding hydrogens is 280 g/mol. The van der Waals surface area contributed by atoms with Crippen LogP contribution in [0.1, 0.15) is 31.9 Å². The average Bonchev–Trinajstić information content (AvgIpc) is 2.96. The predicted molar refractivity (Wildman–Crippen MR) is 84.9 cm³/mol. The molecule has 0 radical (unpaired) electrons. The van der Waals surface area contributed by atoms with E-state index in [1.807, 2.05) is 31.3 Å². The van der Waals surface area contributed by atoms with Gasteiger partial charge in [-0.05, 0) is 31.5 Å². The lowest BCUT2D eigenvalue weighted by atomic mass is 10.2. The summed E-state index contributed by atoms with van der Waals surface area (Å²) in [5, 5.41) is 18.5. The number of carbonyl (C=O) groups is 1. The fourth-order valence-corrected chi connectivity index (χ4v) is 1.90. The highest BCUT2D eigenvalue weighted by molar-refractivity contribution is 5.75. The number of amides is 1. The molecular formula is C15H22N6O. The molecule has 22 heavy (non-hydrogen) atoms. The fraction of sp³-hybridized carbons (Fsp3) is 0.467. The Kier molecular flexibility index (Phi) is 5.88. The lowest BCUT2D eigenvalue weighted by Gasteiger charge is -2.07. The van der Waals surface area contributed by atoms with Gasteiger partial charge in [-0.1, -0.05) is 13.3 Å². The minimum absolute atomic E-state index is 0.0964. The van der Waals surface area contributed by atoms with E-state index in [4.69, 9.17) is 0 Å². The monoisotopic (exact) mass is 302 g/mol. The molecule has 0 spiro atoms. The second kappa shape index (κ2) is 8.11. The van der Waals surface area contributed by atoms with E-state index in [9.17, 15) is 4.79 Å². The molecule has 7 nitrogen and oxygen atoms in total. The Morgan fingerprint density at radius 3 is 2.73 bits per heavy atom. The molecule has 0 fully saturated rings. The molecule has 2 rings (SSSR count). The standard InChI is InChI=1S/C15H22N6O/c1-3-4-5-15(22)17-10-9-16-13-6-7-14(19-18-13)21-11-8-12(2)20-21/h6-8,11H,3-5,9-10H2,1-2H3,(H,16,18)(H,17,22). The molecule has 0 aromatic carbocycles. The zero-order valence-corrected chi connectivity index (χ0v) is 13.0. The van der Waals surface area contributed by atoms with Gasteiger partial charge in [-0.25, -0.2) is 4.68 Å². The summed E-state index contributed by atoms with van der Waals surface area (Å²) in [5.41, 5.74) is 0.933. The third kappa shape index (κ3) is 4.83. The highest BCUT2D eigenvalue weighted by Crippen LogP contribution is 2.06. The Morgan fingerprint density at radius 1 is 1.23 bits per heavy atom. The number of rotatable bonds is 8. The third-order valence-electron chi connectivity index (χ3n) is 3.12. The summed E-state index contributed by atoms with van der Waals surface area (Å²) in [4.78, 5) is 11.4. The molecule has 2 aromatic rings. The van der Waals surface area contributed by atoms with Crippen LogP contribution < -0.4 is 10.6 Å². The van der Waals surface area contributed by atoms with Gasteiger partial charge in [-0.2, -0.15) is 5.10 Å². The summed E-state index contributed by atoms with van der Waals surface area (Å²) in [7, 11) is 0. The Labute approximate surface area is 130 Å². The van der Waals surface area contributed by atoms with Crippen molar-refractivity contribution >= 4 is 11.7 Å². The molecule has 0 unspecified atom stereocenters. The summed E-state index contributed by atoms with van der Waals surface area (Å²) in [6.45, 7) is 5.19. The quantitative estimate of drug-likeness (QED) is 0.725. The Balaban J connectivity index is 1.74.